The molecule has 1 N–H and O–H groups in total. The van der Waals surface area contributed by atoms with E-state index < -0.39 is 0 Å². The molecule has 0 spiro atoms. The van der Waals surface area contributed by atoms with Crippen LogP contribution in [0.3, 0.4) is 0 Å². The molecular formula is C13H18BrNOS. The Hall–Kier alpha value is -0.480. The van der Waals surface area contributed by atoms with Crippen LogP contribution in [0.15, 0.2) is 24.3 Å². The molecule has 0 heterocycles. The predicted octanol–water partition coefficient (Wildman–Crippen LogP) is 3.45. The number of nitrogens with one attached hydrogen (secondary N) is 1. The highest BCUT2D eigenvalue weighted by Gasteiger charge is 2.05. The van der Waals surface area contributed by atoms with E-state index >= 15 is 0 Å². The molecule has 1 aromatic rings. The van der Waals surface area contributed by atoms with E-state index in [4.69, 9.17) is 0 Å². The third-order valence-electron chi connectivity index (χ3n) is 2.18. The van der Waals surface area contributed by atoms with Crippen molar-refractivity contribution in [3.63, 3.8) is 0 Å². The van der Waals surface area contributed by atoms with Crippen LogP contribution in [0.5, 0.6) is 0 Å². The van der Waals surface area contributed by atoms with Crippen LogP contribution in [0.2, 0.25) is 0 Å². The summed E-state index contributed by atoms with van der Waals surface area (Å²) < 4.78 is 0. The number of rotatable bonds is 6. The molecule has 94 valence electrons. The van der Waals surface area contributed by atoms with E-state index in [-0.39, 0.29) is 5.91 Å². The van der Waals surface area contributed by atoms with Gasteiger partial charge in [-0.15, -0.1) is 0 Å². The summed E-state index contributed by atoms with van der Waals surface area (Å²) in [6.45, 7) is 5.04. The SMILES string of the molecule is CC(C)SCCNC(=O)c1cccc(CBr)c1. The van der Waals surface area contributed by atoms with Crippen LogP contribution < -0.4 is 5.32 Å². The van der Waals surface area contributed by atoms with E-state index in [2.05, 4.69) is 35.1 Å². The maximum atomic E-state index is 11.8. The average molecular weight is 316 g/mol. The topological polar surface area (TPSA) is 29.1 Å². The van der Waals surface area contributed by atoms with Crippen molar-refractivity contribution in [2.75, 3.05) is 12.3 Å². The van der Waals surface area contributed by atoms with Crippen molar-refractivity contribution in [1.29, 1.82) is 0 Å². The van der Waals surface area contributed by atoms with Crippen molar-refractivity contribution in [1.82, 2.24) is 5.32 Å². The van der Waals surface area contributed by atoms with Crippen molar-refractivity contribution in [2.24, 2.45) is 0 Å². The van der Waals surface area contributed by atoms with Crippen LogP contribution in [-0.4, -0.2) is 23.5 Å². The van der Waals surface area contributed by atoms with Gasteiger partial charge in [0, 0.05) is 23.2 Å². The Morgan fingerprint density at radius 1 is 1.47 bits per heavy atom. The number of hydrogen-bond acceptors (Lipinski definition) is 2. The molecule has 0 aromatic heterocycles. The average Bonchev–Trinajstić information content (AvgIpc) is 2.34. The molecule has 4 heteroatoms. The monoisotopic (exact) mass is 315 g/mol. The van der Waals surface area contributed by atoms with Crippen molar-refractivity contribution < 1.29 is 4.79 Å². The second-order valence-electron chi connectivity index (χ2n) is 4.01. The number of alkyl halides is 1. The van der Waals surface area contributed by atoms with Crippen LogP contribution in [-0.2, 0) is 5.33 Å². The smallest absolute Gasteiger partial charge is 0.251 e. The number of amides is 1. The van der Waals surface area contributed by atoms with Gasteiger partial charge in [0.15, 0.2) is 0 Å². The van der Waals surface area contributed by atoms with Gasteiger partial charge in [-0.2, -0.15) is 11.8 Å². The van der Waals surface area contributed by atoms with Gasteiger partial charge in [-0.1, -0.05) is 41.9 Å². The van der Waals surface area contributed by atoms with E-state index in [0.717, 1.165) is 28.8 Å². The maximum Gasteiger partial charge on any atom is 0.251 e. The van der Waals surface area contributed by atoms with Gasteiger partial charge in [-0.3, -0.25) is 4.79 Å². The first-order chi connectivity index (χ1) is 8.13. The Kier molecular flexibility index (Phi) is 6.66. The molecule has 0 aliphatic rings. The molecule has 1 aromatic carbocycles. The van der Waals surface area contributed by atoms with Crippen LogP contribution in [0.25, 0.3) is 0 Å². The molecule has 0 bridgehead atoms. The minimum absolute atomic E-state index is 0.0113. The van der Waals surface area contributed by atoms with Gasteiger partial charge < -0.3 is 5.32 Å². The van der Waals surface area contributed by atoms with E-state index in [1.807, 2.05) is 36.0 Å². The van der Waals surface area contributed by atoms with E-state index in [1.54, 1.807) is 0 Å². The summed E-state index contributed by atoms with van der Waals surface area (Å²) in [6, 6.07) is 7.67. The Morgan fingerprint density at radius 3 is 2.88 bits per heavy atom. The van der Waals surface area contributed by atoms with Crippen molar-refractivity contribution in [3.05, 3.63) is 35.4 Å². The van der Waals surface area contributed by atoms with Gasteiger partial charge in [0.05, 0.1) is 0 Å². The van der Waals surface area contributed by atoms with Gasteiger partial charge in [-0.25, -0.2) is 0 Å². The van der Waals surface area contributed by atoms with Gasteiger partial charge in [0.1, 0.15) is 0 Å². The molecule has 0 fully saturated rings. The molecule has 0 unspecified atom stereocenters. The molecular weight excluding hydrogens is 298 g/mol. The van der Waals surface area contributed by atoms with E-state index in [0.29, 0.717) is 5.25 Å². The fourth-order valence-corrected chi connectivity index (χ4v) is 2.40. The molecule has 0 aliphatic heterocycles. The molecule has 2 nitrogen and oxygen atoms in total. The van der Waals surface area contributed by atoms with Crippen LogP contribution in [0, 0.1) is 0 Å². The van der Waals surface area contributed by atoms with E-state index in [9.17, 15) is 4.79 Å². The molecule has 1 amide bonds. The summed E-state index contributed by atoms with van der Waals surface area (Å²) in [5.74, 6) is 0.971. The zero-order chi connectivity index (χ0) is 12.7. The Bertz CT molecular complexity index is 368. The van der Waals surface area contributed by atoms with Crippen molar-refractivity contribution >= 4 is 33.6 Å². The summed E-state index contributed by atoms with van der Waals surface area (Å²) >= 11 is 5.24. The summed E-state index contributed by atoms with van der Waals surface area (Å²) in [5.41, 5.74) is 1.85. The number of hydrogen-bond donors (Lipinski definition) is 1. The van der Waals surface area contributed by atoms with Gasteiger partial charge in [0.25, 0.3) is 5.91 Å². The summed E-state index contributed by atoms with van der Waals surface area (Å²) in [7, 11) is 0. The lowest BCUT2D eigenvalue weighted by Gasteiger charge is -2.07. The lowest BCUT2D eigenvalue weighted by atomic mass is 10.1. The lowest BCUT2D eigenvalue weighted by Crippen LogP contribution is -2.26. The number of thioether (sulfide) groups is 1. The lowest BCUT2D eigenvalue weighted by molar-refractivity contribution is 0.0956. The minimum atomic E-state index is 0.0113. The fraction of sp³-hybridized carbons (Fsp3) is 0.462. The van der Waals surface area contributed by atoms with Gasteiger partial charge in [-0.05, 0) is 22.9 Å². The maximum absolute atomic E-state index is 11.8. The molecule has 0 radical (unpaired) electrons. The van der Waals surface area contributed by atoms with Crippen molar-refractivity contribution in [2.45, 2.75) is 24.4 Å². The molecule has 1 rings (SSSR count). The highest BCUT2D eigenvalue weighted by atomic mass is 79.9. The largest absolute Gasteiger partial charge is 0.351 e. The zero-order valence-corrected chi connectivity index (χ0v) is 12.6. The summed E-state index contributed by atoms with van der Waals surface area (Å²) in [5, 5.41) is 4.32. The first kappa shape index (κ1) is 14.6. The second kappa shape index (κ2) is 7.77. The normalized spacial score (nSPS) is 10.6. The van der Waals surface area contributed by atoms with Crippen LogP contribution in [0.4, 0.5) is 0 Å². The van der Waals surface area contributed by atoms with Crippen LogP contribution in [0.1, 0.15) is 29.8 Å². The first-order valence-corrected chi connectivity index (χ1v) is 7.85. The fourth-order valence-electron chi connectivity index (χ4n) is 1.36. The number of benzene rings is 1. The second-order valence-corrected chi connectivity index (χ2v) is 6.25. The van der Waals surface area contributed by atoms with E-state index in [1.165, 1.54) is 0 Å². The third-order valence-corrected chi connectivity index (χ3v) is 3.94. The minimum Gasteiger partial charge on any atom is -0.351 e. The third kappa shape index (κ3) is 5.59. The molecule has 0 saturated heterocycles. The Morgan fingerprint density at radius 2 is 2.24 bits per heavy atom. The first-order valence-electron chi connectivity index (χ1n) is 5.68. The Labute approximate surface area is 116 Å². The quantitative estimate of drug-likeness (QED) is 0.643. The predicted molar refractivity (Wildman–Crippen MR) is 79.0 cm³/mol. The zero-order valence-electron chi connectivity index (χ0n) is 10.2. The molecule has 0 atom stereocenters. The van der Waals surface area contributed by atoms with Gasteiger partial charge >= 0.3 is 0 Å². The number of carbonyl (C=O) groups is 1. The summed E-state index contributed by atoms with van der Waals surface area (Å²) in [4.78, 5) is 11.8. The Balaban J connectivity index is 2.41. The highest BCUT2D eigenvalue weighted by molar-refractivity contribution is 9.08. The standard InChI is InChI=1S/C13H18BrNOS/c1-10(2)17-7-6-15-13(16)12-5-3-4-11(8-12)9-14/h3-5,8,10H,6-7,9H2,1-2H3,(H,15,16). The van der Waals surface area contributed by atoms with Crippen LogP contribution >= 0.6 is 27.7 Å². The number of halogens is 1. The molecule has 0 aliphatic carbocycles. The highest BCUT2D eigenvalue weighted by Crippen LogP contribution is 2.09. The molecule has 17 heavy (non-hydrogen) atoms. The summed E-state index contributed by atoms with van der Waals surface area (Å²) in [6.07, 6.45) is 0. The van der Waals surface area contributed by atoms with Gasteiger partial charge in [0.2, 0.25) is 0 Å². The molecule has 0 saturated carbocycles. The number of carbonyl (C=O) groups excluding carboxylic acids is 1. The van der Waals surface area contributed by atoms with Crippen molar-refractivity contribution in [3.8, 4) is 0 Å².